The molecule has 1 heterocycles. The van der Waals surface area contributed by atoms with Crippen molar-refractivity contribution in [2.45, 2.75) is 6.10 Å². The highest BCUT2D eigenvalue weighted by Crippen LogP contribution is 2.18. The minimum absolute atomic E-state index is 0.314. The summed E-state index contributed by atoms with van der Waals surface area (Å²) < 4.78 is 5.07. The first-order valence-corrected chi connectivity index (χ1v) is 6.15. The molecule has 1 atom stereocenters. The van der Waals surface area contributed by atoms with Crippen molar-refractivity contribution in [3.8, 4) is 11.8 Å². The lowest BCUT2D eigenvalue weighted by atomic mass is 10.1. The van der Waals surface area contributed by atoms with E-state index in [1.807, 2.05) is 18.2 Å². The zero-order valence-electron chi connectivity index (χ0n) is 11.1. The molecule has 0 spiro atoms. The molecule has 0 radical (unpaired) electrons. The molecule has 0 aliphatic carbocycles. The van der Waals surface area contributed by atoms with E-state index >= 15 is 0 Å². The van der Waals surface area contributed by atoms with Gasteiger partial charge in [0.15, 0.2) is 0 Å². The molecule has 0 saturated heterocycles. The molecule has 2 N–H and O–H groups in total. The Labute approximate surface area is 117 Å². The smallest absolute Gasteiger partial charge is 0.127 e. The lowest BCUT2D eigenvalue weighted by molar-refractivity contribution is 0.191. The molecule has 5 nitrogen and oxygen atoms in total. The van der Waals surface area contributed by atoms with Crippen LogP contribution in [-0.2, 0) is 0 Å². The number of nitrogens with zero attached hydrogens (tertiary/aromatic N) is 2. The SMILES string of the molecule is COc1ccc([C@@H](O)CNc2cc(C#N)ccn2)cc1. The monoisotopic (exact) mass is 269 g/mol. The minimum atomic E-state index is -0.659. The van der Waals surface area contributed by atoms with Crippen LogP contribution in [0.15, 0.2) is 42.6 Å². The van der Waals surface area contributed by atoms with Crippen LogP contribution in [0.4, 0.5) is 5.82 Å². The number of aliphatic hydroxyl groups excluding tert-OH is 1. The zero-order valence-corrected chi connectivity index (χ0v) is 11.1. The Morgan fingerprint density at radius 2 is 2.10 bits per heavy atom. The fourth-order valence-electron chi connectivity index (χ4n) is 1.74. The van der Waals surface area contributed by atoms with Gasteiger partial charge in [0, 0.05) is 12.7 Å². The summed E-state index contributed by atoms with van der Waals surface area (Å²) in [4.78, 5) is 4.09. The number of aromatic nitrogens is 1. The van der Waals surface area contributed by atoms with E-state index in [1.165, 1.54) is 0 Å². The fraction of sp³-hybridized carbons (Fsp3) is 0.200. The molecular formula is C15H15N3O2. The van der Waals surface area contributed by atoms with Crippen molar-refractivity contribution in [1.82, 2.24) is 4.98 Å². The van der Waals surface area contributed by atoms with Crippen molar-refractivity contribution in [2.24, 2.45) is 0 Å². The highest BCUT2D eigenvalue weighted by molar-refractivity contribution is 5.42. The molecule has 0 unspecified atom stereocenters. The standard InChI is InChI=1S/C15H15N3O2/c1-20-13-4-2-12(3-5-13)14(19)10-18-15-8-11(9-16)6-7-17-15/h2-8,14,19H,10H2,1H3,(H,17,18)/t14-/m0/s1. The van der Waals surface area contributed by atoms with Gasteiger partial charge in [0.25, 0.3) is 0 Å². The van der Waals surface area contributed by atoms with Gasteiger partial charge < -0.3 is 15.2 Å². The average molecular weight is 269 g/mol. The van der Waals surface area contributed by atoms with Crippen molar-refractivity contribution in [3.05, 3.63) is 53.7 Å². The van der Waals surface area contributed by atoms with E-state index in [0.717, 1.165) is 11.3 Å². The van der Waals surface area contributed by atoms with Crippen molar-refractivity contribution >= 4 is 5.82 Å². The van der Waals surface area contributed by atoms with Gasteiger partial charge in [0.1, 0.15) is 11.6 Å². The van der Waals surface area contributed by atoms with Crippen LogP contribution in [0.2, 0.25) is 0 Å². The van der Waals surface area contributed by atoms with Crippen LogP contribution >= 0.6 is 0 Å². The number of nitriles is 1. The van der Waals surface area contributed by atoms with Crippen molar-refractivity contribution in [3.63, 3.8) is 0 Å². The molecule has 0 amide bonds. The van der Waals surface area contributed by atoms with Gasteiger partial charge in [0.05, 0.1) is 24.8 Å². The molecule has 0 bridgehead atoms. The number of benzene rings is 1. The van der Waals surface area contributed by atoms with E-state index in [0.29, 0.717) is 17.9 Å². The third-order valence-corrected chi connectivity index (χ3v) is 2.87. The summed E-state index contributed by atoms with van der Waals surface area (Å²) in [5.41, 5.74) is 1.32. The second kappa shape index (κ2) is 6.55. The topological polar surface area (TPSA) is 78.2 Å². The summed E-state index contributed by atoms with van der Waals surface area (Å²) in [5, 5.41) is 21.9. The normalized spacial score (nSPS) is 11.4. The van der Waals surface area contributed by atoms with Crippen LogP contribution in [0, 0.1) is 11.3 Å². The minimum Gasteiger partial charge on any atom is -0.497 e. The Kier molecular flexibility index (Phi) is 4.53. The molecule has 1 aromatic carbocycles. The number of anilines is 1. The maximum atomic E-state index is 10.1. The van der Waals surface area contributed by atoms with Gasteiger partial charge in [-0.2, -0.15) is 5.26 Å². The van der Waals surface area contributed by atoms with Crippen LogP contribution in [0.25, 0.3) is 0 Å². The van der Waals surface area contributed by atoms with Crippen molar-refractivity contribution in [1.29, 1.82) is 5.26 Å². The van der Waals surface area contributed by atoms with Crippen LogP contribution in [-0.4, -0.2) is 23.7 Å². The number of aliphatic hydroxyl groups is 1. The third kappa shape index (κ3) is 3.46. The van der Waals surface area contributed by atoms with E-state index in [-0.39, 0.29) is 0 Å². The molecule has 0 aliphatic rings. The van der Waals surface area contributed by atoms with Crippen molar-refractivity contribution < 1.29 is 9.84 Å². The number of rotatable bonds is 5. The quantitative estimate of drug-likeness (QED) is 0.869. The van der Waals surface area contributed by atoms with E-state index in [1.54, 1.807) is 37.6 Å². The predicted molar refractivity (Wildman–Crippen MR) is 75.4 cm³/mol. The van der Waals surface area contributed by atoms with Gasteiger partial charge in [-0.3, -0.25) is 0 Å². The summed E-state index contributed by atoms with van der Waals surface area (Å²) in [6.45, 7) is 0.314. The summed E-state index contributed by atoms with van der Waals surface area (Å²) in [5.74, 6) is 1.31. The molecule has 5 heteroatoms. The van der Waals surface area contributed by atoms with Crippen LogP contribution in [0.3, 0.4) is 0 Å². The van der Waals surface area contributed by atoms with Gasteiger partial charge >= 0.3 is 0 Å². The highest BCUT2D eigenvalue weighted by atomic mass is 16.5. The largest absolute Gasteiger partial charge is 0.497 e. The number of ether oxygens (including phenoxy) is 1. The first-order valence-electron chi connectivity index (χ1n) is 6.15. The van der Waals surface area contributed by atoms with E-state index in [2.05, 4.69) is 10.3 Å². The highest BCUT2D eigenvalue weighted by Gasteiger charge is 2.08. The van der Waals surface area contributed by atoms with E-state index in [4.69, 9.17) is 10.00 Å². The zero-order chi connectivity index (χ0) is 14.4. The summed E-state index contributed by atoms with van der Waals surface area (Å²) in [6, 6.07) is 12.5. The van der Waals surface area contributed by atoms with Crippen LogP contribution < -0.4 is 10.1 Å². The Balaban J connectivity index is 1.97. The Morgan fingerprint density at radius 1 is 1.35 bits per heavy atom. The molecule has 102 valence electrons. The van der Waals surface area contributed by atoms with Gasteiger partial charge in [0.2, 0.25) is 0 Å². The molecule has 0 aliphatic heterocycles. The number of nitrogens with one attached hydrogen (secondary N) is 1. The lowest BCUT2D eigenvalue weighted by Crippen LogP contribution is -2.12. The number of hydrogen-bond donors (Lipinski definition) is 2. The molecule has 2 aromatic rings. The molecule has 20 heavy (non-hydrogen) atoms. The van der Waals surface area contributed by atoms with Crippen LogP contribution in [0.1, 0.15) is 17.2 Å². The Bertz CT molecular complexity index is 605. The summed E-state index contributed by atoms with van der Waals surface area (Å²) in [6.07, 6.45) is 0.897. The molecule has 2 rings (SSSR count). The van der Waals surface area contributed by atoms with Gasteiger partial charge in [-0.25, -0.2) is 4.98 Å². The predicted octanol–water partition coefficient (Wildman–Crippen LogP) is 2.11. The lowest BCUT2D eigenvalue weighted by Gasteiger charge is -2.13. The Hall–Kier alpha value is -2.58. The second-order valence-electron chi connectivity index (χ2n) is 4.21. The van der Waals surface area contributed by atoms with E-state index in [9.17, 15) is 5.11 Å². The number of pyridine rings is 1. The molecule has 0 saturated carbocycles. The molecule has 1 aromatic heterocycles. The Morgan fingerprint density at radius 3 is 2.75 bits per heavy atom. The van der Waals surface area contributed by atoms with Gasteiger partial charge in [-0.15, -0.1) is 0 Å². The second-order valence-corrected chi connectivity index (χ2v) is 4.21. The number of hydrogen-bond acceptors (Lipinski definition) is 5. The van der Waals surface area contributed by atoms with Crippen LogP contribution in [0.5, 0.6) is 5.75 Å². The maximum absolute atomic E-state index is 10.1. The fourth-order valence-corrected chi connectivity index (χ4v) is 1.74. The molecule has 0 fully saturated rings. The molecular weight excluding hydrogens is 254 g/mol. The number of methoxy groups -OCH3 is 1. The average Bonchev–Trinajstić information content (AvgIpc) is 2.53. The van der Waals surface area contributed by atoms with Gasteiger partial charge in [-0.05, 0) is 29.8 Å². The van der Waals surface area contributed by atoms with Gasteiger partial charge in [-0.1, -0.05) is 12.1 Å². The van der Waals surface area contributed by atoms with Crippen molar-refractivity contribution in [2.75, 3.05) is 19.0 Å². The first-order chi connectivity index (χ1) is 9.72. The van der Waals surface area contributed by atoms with E-state index < -0.39 is 6.10 Å². The maximum Gasteiger partial charge on any atom is 0.127 e. The third-order valence-electron chi connectivity index (χ3n) is 2.87. The summed E-state index contributed by atoms with van der Waals surface area (Å²) >= 11 is 0. The summed E-state index contributed by atoms with van der Waals surface area (Å²) in [7, 11) is 1.60. The first kappa shape index (κ1) is 13.8.